The van der Waals surface area contributed by atoms with Crippen molar-refractivity contribution in [3.63, 3.8) is 0 Å². The molecule has 0 heterocycles. The van der Waals surface area contributed by atoms with Gasteiger partial charge in [-0.2, -0.15) is 12.6 Å². The number of hydrogen-bond acceptors (Lipinski definition) is 6. The molecule has 0 aromatic heterocycles. The lowest BCUT2D eigenvalue weighted by Crippen LogP contribution is -2.58. The molecule has 3 aromatic rings. The van der Waals surface area contributed by atoms with Crippen LogP contribution in [0.25, 0.3) is 0 Å². The van der Waals surface area contributed by atoms with E-state index in [1.54, 1.807) is 24.3 Å². The molecule has 0 fully saturated rings. The lowest BCUT2D eigenvalue weighted by atomic mass is 10.0. The molecule has 0 spiro atoms. The summed E-state index contributed by atoms with van der Waals surface area (Å²) in [5.74, 6) is -3.15. The highest BCUT2D eigenvalue weighted by Crippen LogP contribution is 2.09. The number of nitrogens with one attached hydrogen (secondary N) is 3. The summed E-state index contributed by atoms with van der Waals surface area (Å²) in [6.07, 6.45) is 0.549. The predicted octanol–water partition coefficient (Wildman–Crippen LogP) is 1.51. The first-order chi connectivity index (χ1) is 19.3. The number of carbonyl (C=O) groups excluding carboxylic acids is 3. The third-order valence-electron chi connectivity index (χ3n) is 6.26. The first kappa shape index (κ1) is 30.4. The zero-order valence-corrected chi connectivity index (χ0v) is 22.8. The van der Waals surface area contributed by atoms with Crippen LogP contribution in [0.1, 0.15) is 16.7 Å². The average molecular weight is 563 g/mol. The van der Waals surface area contributed by atoms with E-state index in [0.29, 0.717) is 0 Å². The Kier molecular flexibility index (Phi) is 11.7. The Morgan fingerprint density at radius 3 is 1.32 bits per heavy atom. The van der Waals surface area contributed by atoms with Crippen molar-refractivity contribution in [2.24, 2.45) is 5.73 Å². The summed E-state index contributed by atoms with van der Waals surface area (Å²) in [6.45, 7) is 0. The van der Waals surface area contributed by atoms with Crippen molar-refractivity contribution in [1.29, 1.82) is 0 Å². The van der Waals surface area contributed by atoms with Crippen LogP contribution in [0.3, 0.4) is 0 Å². The minimum Gasteiger partial charge on any atom is -0.480 e. The Bertz CT molecular complexity index is 1260. The number of thiol groups is 1. The van der Waals surface area contributed by atoms with Crippen LogP contribution < -0.4 is 21.7 Å². The van der Waals surface area contributed by atoms with Crippen LogP contribution in [-0.2, 0) is 38.4 Å². The maximum Gasteiger partial charge on any atom is 0.327 e. The highest BCUT2D eigenvalue weighted by molar-refractivity contribution is 7.80. The molecular weight excluding hydrogens is 528 g/mol. The second-order valence-corrected chi connectivity index (χ2v) is 9.75. The Balaban J connectivity index is 1.80. The van der Waals surface area contributed by atoms with Gasteiger partial charge in [0.05, 0.1) is 6.04 Å². The Hall–Kier alpha value is -4.15. The molecule has 0 aliphatic heterocycles. The number of benzene rings is 3. The summed E-state index contributed by atoms with van der Waals surface area (Å²) in [5.41, 5.74) is 8.61. The molecule has 3 rings (SSSR count). The van der Waals surface area contributed by atoms with Crippen LogP contribution >= 0.6 is 12.6 Å². The smallest absolute Gasteiger partial charge is 0.327 e. The van der Waals surface area contributed by atoms with Crippen molar-refractivity contribution in [3.05, 3.63) is 108 Å². The van der Waals surface area contributed by atoms with Gasteiger partial charge in [0.25, 0.3) is 0 Å². The van der Waals surface area contributed by atoms with Gasteiger partial charge in [-0.1, -0.05) is 91.0 Å². The fraction of sp³-hybridized carbons (Fsp3) is 0.267. The van der Waals surface area contributed by atoms with Gasteiger partial charge in [0.15, 0.2) is 0 Å². The van der Waals surface area contributed by atoms with Gasteiger partial charge < -0.3 is 26.8 Å². The summed E-state index contributed by atoms with van der Waals surface area (Å²) in [4.78, 5) is 51.3. The van der Waals surface area contributed by atoms with Gasteiger partial charge in [0.2, 0.25) is 17.7 Å². The van der Waals surface area contributed by atoms with Crippen molar-refractivity contribution in [1.82, 2.24) is 16.0 Å². The molecule has 3 amide bonds. The number of nitrogens with two attached hydrogens (primary N) is 1. The summed E-state index contributed by atoms with van der Waals surface area (Å²) >= 11 is 4.01. The largest absolute Gasteiger partial charge is 0.480 e. The predicted molar refractivity (Wildman–Crippen MR) is 156 cm³/mol. The van der Waals surface area contributed by atoms with Crippen LogP contribution in [0, 0.1) is 0 Å². The maximum atomic E-state index is 13.6. The summed E-state index contributed by atoms with van der Waals surface area (Å²) in [5, 5.41) is 17.3. The van der Waals surface area contributed by atoms with Crippen LogP contribution in [0.4, 0.5) is 0 Å². The summed E-state index contributed by atoms with van der Waals surface area (Å²) in [7, 11) is 0. The van der Waals surface area contributed by atoms with Crippen LogP contribution in [0.2, 0.25) is 0 Å². The molecule has 0 unspecified atom stereocenters. The molecule has 9 nitrogen and oxygen atoms in total. The monoisotopic (exact) mass is 562 g/mol. The van der Waals surface area contributed by atoms with Gasteiger partial charge in [0.1, 0.15) is 18.1 Å². The molecule has 0 aliphatic rings. The first-order valence-corrected chi connectivity index (χ1v) is 13.5. The van der Waals surface area contributed by atoms with Crippen LogP contribution in [0.5, 0.6) is 0 Å². The molecule has 0 saturated carbocycles. The highest BCUT2D eigenvalue weighted by atomic mass is 32.1. The number of carbonyl (C=O) groups is 4. The molecular formula is C30H34N4O5S. The quantitative estimate of drug-likeness (QED) is 0.164. The van der Waals surface area contributed by atoms with Crippen LogP contribution in [-0.4, -0.2) is 58.7 Å². The number of carboxylic acid groups (broad SMARTS) is 1. The molecule has 10 heteroatoms. The topological polar surface area (TPSA) is 151 Å². The number of carboxylic acids is 1. The van der Waals surface area contributed by atoms with Crippen molar-refractivity contribution in [3.8, 4) is 0 Å². The molecule has 3 aromatic carbocycles. The Morgan fingerprint density at radius 2 is 0.950 bits per heavy atom. The third-order valence-corrected chi connectivity index (χ3v) is 6.63. The Morgan fingerprint density at radius 1 is 0.600 bits per heavy atom. The lowest BCUT2D eigenvalue weighted by molar-refractivity contribution is -0.141. The van der Waals surface area contributed by atoms with E-state index in [1.165, 1.54) is 0 Å². The van der Waals surface area contributed by atoms with E-state index in [9.17, 15) is 24.3 Å². The second-order valence-electron chi connectivity index (χ2n) is 9.38. The van der Waals surface area contributed by atoms with Gasteiger partial charge in [-0.15, -0.1) is 0 Å². The van der Waals surface area contributed by atoms with Crippen LogP contribution in [0.15, 0.2) is 91.0 Å². The van der Waals surface area contributed by atoms with Gasteiger partial charge in [-0.3, -0.25) is 14.4 Å². The minimum absolute atomic E-state index is 0.108. The van der Waals surface area contributed by atoms with Gasteiger partial charge in [-0.25, -0.2) is 4.79 Å². The fourth-order valence-electron chi connectivity index (χ4n) is 4.09. The SMILES string of the molecule is N[C@@H](Cc1ccccc1)C(=O)N[C@@H](Cc1ccccc1)C(=O)N[C@@H](Cc1ccccc1)C(=O)N[C@@H](CS)C(=O)O. The zero-order chi connectivity index (χ0) is 28.9. The van der Waals surface area contributed by atoms with E-state index in [1.807, 2.05) is 66.7 Å². The first-order valence-electron chi connectivity index (χ1n) is 12.9. The molecule has 4 atom stereocenters. The van der Waals surface area contributed by atoms with E-state index in [2.05, 4.69) is 28.6 Å². The third kappa shape index (κ3) is 9.55. The zero-order valence-electron chi connectivity index (χ0n) is 21.9. The normalized spacial score (nSPS) is 13.8. The van der Waals surface area contributed by atoms with Crippen molar-refractivity contribution >= 4 is 36.3 Å². The van der Waals surface area contributed by atoms with E-state index in [0.717, 1.165) is 16.7 Å². The maximum absolute atomic E-state index is 13.6. The van der Waals surface area contributed by atoms with E-state index in [-0.39, 0.29) is 25.0 Å². The number of amides is 3. The van der Waals surface area contributed by atoms with E-state index in [4.69, 9.17) is 5.73 Å². The number of rotatable bonds is 14. The average Bonchev–Trinajstić information content (AvgIpc) is 2.96. The Labute approximate surface area is 239 Å². The molecule has 0 saturated heterocycles. The molecule has 0 aliphatic carbocycles. The van der Waals surface area contributed by atoms with Gasteiger partial charge in [-0.05, 0) is 23.1 Å². The van der Waals surface area contributed by atoms with Crippen molar-refractivity contribution in [2.45, 2.75) is 43.4 Å². The minimum atomic E-state index is -1.24. The molecule has 0 radical (unpaired) electrons. The van der Waals surface area contributed by atoms with E-state index >= 15 is 0 Å². The van der Waals surface area contributed by atoms with Crippen molar-refractivity contribution < 1.29 is 24.3 Å². The molecule has 0 bridgehead atoms. The lowest BCUT2D eigenvalue weighted by Gasteiger charge is -2.25. The van der Waals surface area contributed by atoms with Gasteiger partial charge >= 0.3 is 5.97 Å². The second kappa shape index (κ2) is 15.4. The highest BCUT2D eigenvalue weighted by Gasteiger charge is 2.30. The fourth-order valence-corrected chi connectivity index (χ4v) is 4.34. The summed E-state index contributed by atoms with van der Waals surface area (Å²) < 4.78 is 0. The molecule has 40 heavy (non-hydrogen) atoms. The summed E-state index contributed by atoms with van der Waals surface area (Å²) in [6, 6.07) is 23.2. The number of hydrogen-bond donors (Lipinski definition) is 6. The van der Waals surface area contributed by atoms with E-state index < -0.39 is 47.9 Å². The van der Waals surface area contributed by atoms with Gasteiger partial charge in [0, 0.05) is 18.6 Å². The van der Waals surface area contributed by atoms with Crippen molar-refractivity contribution in [2.75, 3.05) is 5.75 Å². The molecule has 210 valence electrons. The standard InChI is InChI=1S/C30H34N4O5S/c31-23(16-20-10-4-1-5-11-20)27(35)32-24(17-21-12-6-2-7-13-21)28(36)33-25(18-22-14-8-3-9-15-22)29(37)34-26(19-40)30(38)39/h1-15,23-26,40H,16-19,31H2,(H,32,35)(H,33,36)(H,34,37)(H,38,39)/t23-,24-,25-,26-/m0/s1. The number of aliphatic carboxylic acids is 1. The molecule has 6 N–H and O–H groups in total.